The van der Waals surface area contributed by atoms with E-state index in [1.807, 2.05) is 30.3 Å². The van der Waals surface area contributed by atoms with Crippen molar-refractivity contribution in [1.82, 2.24) is 5.32 Å². The summed E-state index contributed by atoms with van der Waals surface area (Å²) in [4.78, 5) is 11.0. The van der Waals surface area contributed by atoms with E-state index in [0.717, 1.165) is 11.1 Å². The lowest BCUT2D eigenvalue weighted by molar-refractivity contribution is 0.0696. The maximum atomic E-state index is 12.0. The number of aromatic carboxylic acids is 1. The molecule has 0 aromatic heterocycles. The molecular formula is C18H20N2O4S. The van der Waals surface area contributed by atoms with Crippen LogP contribution in [0.4, 0.5) is 5.69 Å². The molecule has 0 saturated carbocycles. The highest BCUT2D eigenvalue weighted by atomic mass is 32.2. The van der Waals surface area contributed by atoms with Crippen LogP contribution in [0.15, 0.2) is 48.5 Å². The van der Waals surface area contributed by atoms with E-state index in [9.17, 15) is 13.2 Å². The Hall–Kier alpha value is -2.38. The highest BCUT2D eigenvalue weighted by Gasteiger charge is 2.28. The molecule has 0 atom stereocenters. The van der Waals surface area contributed by atoms with E-state index in [-0.39, 0.29) is 11.3 Å². The van der Waals surface area contributed by atoms with Crippen LogP contribution in [0.25, 0.3) is 0 Å². The van der Waals surface area contributed by atoms with Gasteiger partial charge in [-0.25, -0.2) is 13.2 Å². The van der Waals surface area contributed by atoms with Crippen molar-refractivity contribution in [3.8, 4) is 0 Å². The van der Waals surface area contributed by atoms with Gasteiger partial charge in [0.2, 0.25) is 10.0 Å². The maximum Gasteiger partial charge on any atom is 0.335 e. The number of hydrogen-bond donors (Lipinski definition) is 2. The van der Waals surface area contributed by atoms with E-state index in [4.69, 9.17) is 5.11 Å². The number of carbonyl (C=O) groups is 1. The lowest BCUT2D eigenvalue weighted by atomic mass is 10.1. The maximum absolute atomic E-state index is 12.0. The van der Waals surface area contributed by atoms with E-state index < -0.39 is 16.0 Å². The first kappa shape index (κ1) is 17.4. The Morgan fingerprint density at radius 3 is 2.40 bits per heavy atom. The van der Waals surface area contributed by atoms with Gasteiger partial charge >= 0.3 is 5.97 Å². The zero-order chi connectivity index (χ0) is 17.9. The Labute approximate surface area is 147 Å². The standard InChI is InChI=1S/C18H20N2O4S/c21-18(22)16-6-1-4-14(10-16)12-19-13-15-5-2-7-17(11-15)20-8-3-9-25(20,23)24/h1-2,4-7,10-11,19H,3,8-9,12-13H2,(H,21,22). The minimum atomic E-state index is -3.18. The Morgan fingerprint density at radius 2 is 1.76 bits per heavy atom. The number of carboxylic acids is 1. The van der Waals surface area contributed by atoms with Gasteiger partial charge in [-0.1, -0.05) is 24.3 Å². The second kappa shape index (κ2) is 7.25. The molecule has 1 saturated heterocycles. The summed E-state index contributed by atoms with van der Waals surface area (Å²) in [5.74, 6) is -0.739. The van der Waals surface area contributed by atoms with Crippen LogP contribution in [0.1, 0.15) is 27.9 Å². The smallest absolute Gasteiger partial charge is 0.335 e. The molecule has 1 aliphatic heterocycles. The third kappa shape index (κ3) is 4.18. The topological polar surface area (TPSA) is 86.7 Å². The van der Waals surface area contributed by atoms with E-state index >= 15 is 0 Å². The van der Waals surface area contributed by atoms with Crippen LogP contribution in [0.2, 0.25) is 0 Å². The van der Waals surface area contributed by atoms with E-state index in [1.54, 1.807) is 18.2 Å². The quantitative estimate of drug-likeness (QED) is 0.825. The van der Waals surface area contributed by atoms with Crippen molar-refractivity contribution in [1.29, 1.82) is 0 Å². The van der Waals surface area contributed by atoms with Gasteiger partial charge < -0.3 is 10.4 Å². The molecule has 0 radical (unpaired) electrons. The van der Waals surface area contributed by atoms with Gasteiger partial charge in [0, 0.05) is 19.6 Å². The minimum Gasteiger partial charge on any atom is -0.478 e. The monoisotopic (exact) mass is 360 g/mol. The number of nitrogens with one attached hydrogen (secondary N) is 1. The first-order valence-corrected chi connectivity index (χ1v) is 9.69. The molecule has 3 rings (SSSR count). The molecule has 1 aliphatic rings. The largest absolute Gasteiger partial charge is 0.478 e. The molecule has 7 heteroatoms. The molecule has 2 aromatic rings. The van der Waals surface area contributed by atoms with Crippen LogP contribution in [0.3, 0.4) is 0 Å². The number of benzene rings is 2. The molecule has 1 heterocycles. The van der Waals surface area contributed by atoms with E-state index in [2.05, 4.69) is 5.32 Å². The molecule has 6 nitrogen and oxygen atoms in total. The van der Waals surface area contributed by atoms with Gasteiger partial charge in [0.15, 0.2) is 0 Å². The summed E-state index contributed by atoms with van der Waals surface area (Å²) in [5, 5.41) is 12.3. The van der Waals surface area contributed by atoms with Crippen LogP contribution < -0.4 is 9.62 Å². The Kier molecular flexibility index (Phi) is 5.06. The normalized spacial score (nSPS) is 16.1. The third-order valence-corrected chi connectivity index (χ3v) is 6.00. The van der Waals surface area contributed by atoms with Crippen molar-refractivity contribution in [2.24, 2.45) is 0 Å². The van der Waals surface area contributed by atoms with Gasteiger partial charge in [0.1, 0.15) is 0 Å². The molecule has 0 amide bonds. The SMILES string of the molecule is O=C(O)c1cccc(CNCc2cccc(N3CCCS3(=O)=O)c2)c1. The Balaban J connectivity index is 1.63. The summed E-state index contributed by atoms with van der Waals surface area (Å²) in [7, 11) is -3.18. The summed E-state index contributed by atoms with van der Waals surface area (Å²) in [6, 6.07) is 14.3. The molecule has 1 fully saturated rings. The van der Waals surface area contributed by atoms with Crippen LogP contribution in [-0.2, 0) is 23.1 Å². The van der Waals surface area contributed by atoms with Gasteiger partial charge in [-0.3, -0.25) is 4.31 Å². The first-order valence-electron chi connectivity index (χ1n) is 8.08. The lowest BCUT2D eigenvalue weighted by Crippen LogP contribution is -2.25. The number of hydrogen-bond acceptors (Lipinski definition) is 4. The first-order chi connectivity index (χ1) is 12.0. The highest BCUT2D eigenvalue weighted by molar-refractivity contribution is 7.93. The Morgan fingerprint density at radius 1 is 1.08 bits per heavy atom. The van der Waals surface area contributed by atoms with Crippen LogP contribution in [0.5, 0.6) is 0 Å². The van der Waals surface area contributed by atoms with Crippen molar-refractivity contribution in [3.05, 3.63) is 65.2 Å². The van der Waals surface area contributed by atoms with Crippen LogP contribution in [0, 0.1) is 0 Å². The van der Waals surface area contributed by atoms with Gasteiger partial charge in [0.05, 0.1) is 17.0 Å². The molecule has 0 unspecified atom stereocenters. The molecule has 132 valence electrons. The third-order valence-electron chi connectivity index (χ3n) is 4.13. The number of anilines is 1. The second-order valence-corrected chi connectivity index (χ2v) is 8.03. The molecule has 25 heavy (non-hydrogen) atoms. The molecule has 2 N–H and O–H groups in total. The molecular weight excluding hydrogens is 340 g/mol. The fourth-order valence-electron chi connectivity index (χ4n) is 2.92. The average Bonchev–Trinajstić information content (AvgIpc) is 2.95. The van der Waals surface area contributed by atoms with Crippen molar-refractivity contribution in [3.63, 3.8) is 0 Å². The van der Waals surface area contributed by atoms with Gasteiger partial charge in [-0.15, -0.1) is 0 Å². The van der Waals surface area contributed by atoms with Crippen molar-refractivity contribution in [2.75, 3.05) is 16.6 Å². The van der Waals surface area contributed by atoms with Crippen LogP contribution in [-0.4, -0.2) is 31.8 Å². The molecule has 0 bridgehead atoms. The van der Waals surface area contributed by atoms with Gasteiger partial charge in [-0.2, -0.15) is 0 Å². The Bertz CT molecular complexity index is 880. The predicted molar refractivity (Wildman–Crippen MR) is 96.1 cm³/mol. The summed E-state index contributed by atoms with van der Waals surface area (Å²) in [6.45, 7) is 1.63. The molecule has 0 spiro atoms. The highest BCUT2D eigenvalue weighted by Crippen LogP contribution is 2.24. The summed E-state index contributed by atoms with van der Waals surface area (Å²) in [5.41, 5.74) is 2.83. The summed E-state index contributed by atoms with van der Waals surface area (Å²) in [6.07, 6.45) is 0.657. The average molecular weight is 360 g/mol. The zero-order valence-corrected chi connectivity index (χ0v) is 14.5. The van der Waals surface area contributed by atoms with Crippen LogP contribution >= 0.6 is 0 Å². The second-order valence-electron chi connectivity index (χ2n) is 6.02. The fraction of sp³-hybridized carbons (Fsp3) is 0.278. The molecule has 2 aromatic carbocycles. The number of nitrogens with zero attached hydrogens (tertiary/aromatic N) is 1. The van der Waals surface area contributed by atoms with E-state index in [0.29, 0.717) is 31.7 Å². The van der Waals surface area contributed by atoms with Crippen molar-refractivity contribution >= 4 is 21.7 Å². The lowest BCUT2D eigenvalue weighted by Gasteiger charge is -2.17. The predicted octanol–water partition coefficient (Wildman–Crippen LogP) is 2.21. The van der Waals surface area contributed by atoms with Crippen molar-refractivity contribution < 1.29 is 18.3 Å². The molecule has 0 aliphatic carbocycles. The number of sulfonamides is 1. The van der Waals surface area contributed by atoms with E-state index in [1.165, 1.54) is 4.31 Å². The zero-order valence-electron chi connectivity index (χ0n) is 13.7. The number of carboxylic acid groups (broad SMARTS) is 1. The van der Waals surface area contributed by atoms with Gasteiger partial charge in [-0.05, 0) is 41.8 Å². The summed E-state index contributed by atoms with van der Waals surface area (Å²) < 4.78 is 25.5. The summed E-state index contributed by atoms with van der Waals surface area (Å²) >= 11 is 0. The minimum absolute atomic E-state index is 0.204. The van der Waals surface area contributed by atoms with Gasteiger partial charge in [0.25, 0.3) is 0 Å². The van der Waals surface area contributed by atoms with Crippen molar-refractivity contribution in [2.45, 2.75) is 19.5 Å². The fourth-order valence-corrected chi connectivity index (χ4v) is 4.47. The number of rotatable bonds is 6.